The molecule has 25 heavy (non-hydrogen) atoms. The molecule has 2 heterocycles. The number of hydrogen-bond acceptors (Lipinski definition) is 6. The molecule has 2 aromatic rings. The zero-order valence-electron chi connectivity index (χ0n) is 15.1. The summed E-state index contributed by atoms with van der Waals surface area (Å²) in [4.78, 5) is 2.16. The van der Waals surface area contributed by atoms with E-state index in [0.29, 0.717) is 24.4 Å². The summed E-state index contributed by atoms with van der Waals surface area (Å²) in [7, 11) is 0. The first-order valence-corrected chi connectivity index (χ1v) is 9.01. The van der Waals surface area contributed by atoms with Crippen LogP contribution < -0.4 is 10.2 Å². The summed E-state index contributed by atoms with van der Waals surface area (Å²) in [5.41, 5.74) is 1.10. The molecule has 6 heteroatoms. The van der Waals surface area contributed by atoms with Crippen molar-refractivity contribution in [2.24, 2.45) is 5.41 Å². The zero-order chi connectivity index (χ0) is 17.7. The third kappa shape index (κ3) is 5.03. The van der Waals surface area contributed by atoms with Gasteiger partial charge in [0.1, 0.15) is 0 Å². The average Bonchev–Trinajstić information content (AvgIpc) is 3.10. The molecule has 1 aliphatic rings. The van der Waals surface area contributed by atoms with Crippen molar-refractivity contribution in [1.82, 2.24) is 15.5 Å². The SMILES string of the molecule is CC(C)(CO)CNC1CCN(c2nnc(Cc3ccccc3)o2)CC1. The zero-order valence-corrected chi connectivity index (χ0v) is 15.1. The Balaban J connectivity index is 1.48. The number of aromatic nitrogens is 2. The Kier molecular flexibility index (Phi) is 5.71. The van der Waals surface area contributed by atoms with Gasteiger partial charge in [0.05, 0.1) is 6.42 Å². The van der Waals surface area contributed by atoms with Crippen molar-refractivity contribution in [2.75, 3.05) is 31.1 Å². The van der Waals surface area contributed by atoms with E-state index in [1.165, 1.54) is 5.56 Å². The van der Waals surface area contributed by atoms with Crippen LogP contribution in [0.25, 0.3) is 0 Å². The maximum atomic E-state index is 9.35. The van der Waals surface area contributed by atoms with Gasteiger partial charge in [0.25, 0.3) is 0 Å². The van der Waals surface area contributed by atoms with Crippen molar-refractivity contribution in [3.63, 3.8) is 0 Å². The summed E-state index contributed by atoms with van der Waals surface area (Å²) in [6, 6.07) is 11.3. The van der Waals surface area contributed by atoms with Crippen LogP contribution in [0.1, 0.15) is 38.1 Å². The molecule has 6 nitrogen and oxygen atoms in total. The first-order valence-electron chi connectivity index (χ1n) is 9.01. The van der Waals surface area contributed by atoms with Gasteiger partial charge < -0.3 is 19.7 Å². The highest BCUT2D eigenvalue weighted by Crippen LogP contribution is 2.21. The number of hydrogen-bond donors (Lipinski definition) is 2. The minimum absolute atomic E-state index is 0.0735. The molecule has 0 amide bonds. The van der Waals surface area contributed by atoms with Crippen molar-refractivity contribution < 1.29 is 9.52 Å². The Morgan fingerprint density at radius 1 is 1.20 bits per heavy atom. The molecule has 0 spiro atoms. The van der Waals surface area contributed by atoms with Crippen LogP contribution in [0.4, 0.5) is 6.01 Å². The fraction of sp³-hybridized carbons (Fsp3) is 0.579. The molecule has 0 bridgehead atoms. The van der Waals surface area contributed by atoms with Crippen LogP contribution >= 0.6 is 0 Å². The van der Waals surface area contributed by atoms with E-state index in [1.807, 2.05) is 18.2 Å². The first kappa shape index (κ1) is 17.9. The lowest BCUT2D eigenvalue weighted by atomic mass is 9.93. The second kappa shape index (κ2) is 7.97. The highest BCUT2D eigenvalue weighted by atomic mass is 16.4. The largest absolute Gasteiger partial charge is 0.408 e. The van der Waals surface area contributed by atoms with E-state index in [-0.39, 0.29) is 12.0 Å². The van der Waals surface area contributed by atoms with Gasteiger partial charge in [0.15, 0.2) is 0 Å². The maximum Gasteiger partial charge on any atom is 0.318 e. The summed E-state index contributed by atoms with van der Waals surface area (Å²) >= 11 is 0. The van der Waals surface area contributed by atoms with E-state index in [1.54, 1.807) is 0 Å². The van der Waals surface area contributed by atoms with E-state index < -0.39 is 0 Å². The van der Waals surface area contributed by atoms with Crippen LogP contribution in [-0.4, -0.2) is 47.6 Å². The standard InChI is InChI=1S/C19H28N4O2/c1-19(2,14-24)13-20-16-8-10-23(11-9-16)18-22-21-17(25-18)12-15-6-4-3-5-7-15/h3-7,16,20,24H,8-14H2,1-2H3. The van der Waals surface area contributed by atoms with Crippen LogP contribution in [0.15, 0.2) is 34.7 Å². The lowest BCUT2D eigenvalue weighted by Crippen LogP contribution is -2.45. The lowest BCUT2D eigenvalue weighted by Gasteiger charge is -2.33. The summed E-state index contributed by atoms with van der Waals surface area (Å²) in [6.07, 6.45) is 2.75. The fourth-order valence-corrected chi connectivity index (χ4v) is 2.97. The Hall–Kier alpha value is -1.92. The van der Waals surface area contributed by atoms with Crippen LogP contribution in [0.3, 0.4) is 0 Å². The number of nitrogens with one attached hydrogen (secondary N) is 1. The molecule has 1 saturated heterocycles. The highest BCUT2D eigenvalue weighted by Gasteiger charge is 2.25. The third-order valence-electron chi connectivity index (χ3n) is 4.72. The number of benzene rings is 1. The van der Waals surface area contributed by atoms with Crippen molar-refractivity contribution in [2.45, 2.75) is 39.2 Å². The van der Waals surface area contributed by atoms with Gasteiger partial charge in [-0.3, -0.25) is 0 Å². The smallest absolute Gasteiger partial charge is 0.318 e. The van der Waals surface area contributed by atoms with Gasteiger partial charge in [0, 0.05) is 37.7 Å². The van der Waals surface area contributed by atoms with E-state index >= 15 is 0 Å². The Labute approximate surface area is 149 Å². The molecular formula is C19H28N4O2. The van der Waals surface area contributed by atoms with Crippen molar-refractivity contribution in [3.8, 4) is 0 Å². The van der Waals surface area contributed by atoms with Gasteiger partial charge in [-0.25, -0.2) is 0 Å². The molecule has 2 N–H and O–H groups in total. The summed E-state index contributed by atoms with van der Waals surface area (Å²) in [6.45, 7) is 6.99. The molecule has 0 unspecified atom stereocenters. The molecule has 0 atom stereocenters. The monoisotopic (exact) mass is 344 g/mol. The molecule has 1 aliphatic heterocycles. The van der Waals surface area contributed by atoms with Gasteiger partial charge in [-0.1, -0.05) is 49.3 Å². The highest BCUT2D eigenvalue weighted by molar-refractivity contribution is 5.26. The second-order valence-corrected chi connectivity index (χ2v) is 7.61. The van der Waals surface area contributed by atoms with Gasteiger partial charge in [-0.05, 0) is 18.4 Å². The van der Waals surface area contributed by atoms with Gasteiger partial charge in [0.2, 0.25) is 5.89 Å². The predicted molar refractivity (Wildman–Crippen MR) is 97.7 cm³/mol. The topological polar surface area (TPSA) is 74.4 Å². The van der Waals surface area contributed by atoms with E-state index in [4.69, 9.17) is 4.42 Å². The number of rotatable bonds is 7. The normalized spacial score (nSPS) is 16.4. The average molecular weight is 344 g/mol. The Morgan fingerprint density at radius 3 is 2.60 bits per heavy atom. The van der Waals surface area contributed by atoms with E-state index in [9.17, 15) is 5.11 Å². The van der Waals surface area contributed by atoms with Crippen LogP contribution in [0.2, 0.25) is 0 Å². The minimum Gasteiger partial charge on any atom is -0.408 e. The molecule has 0 saturated carbocycles. The number of aliphatic hydroxyl groups is 1. The molecule has 136 valence electrons. The quantitative estimate of drug-likeness (QED) is 0.802. The summed E-state index contributed by atoms with van der Waals surface area (Å²) < 4.78 is 5.84. The molecule has 0 radical (unpaired) electrons. The van der Waals surface area contributed by atoms with Crippen molar-refractivity contribution in [3.05, 3.63) is 41.8 Å². The van der Waals surface area contributed by atoms with Crippen LogP contribution in [0.5, 0.6) is 0 Å². The predicted octanol–water partition coefficient (Wildman–Crippen LogP) is 2.24. The molecule has 1 aromatic carbocycles. The molecule has 1 aromatic heterocycles. The summed E-state index contributed by atoms with van der Waals surface area (Å²) in [5, 5.41) is 21.3. The number of nitrogens with zero attached hydrogens (tertiary/aromatic N) is 3. The molecular weight excluding hydrogens is 316 g/mol. The van der Waals surface area contributed by atoms with Gasteiger partial charge in [-0.15, -0.1) is 5.10 Å². The molecule has 0 aliphatic carbocycles. The Bertz CT molecular complexity index is 648. The van der Waals surface area contributed by atoms with Gasteiger partial charge >= 0.3 is 6.01 Å². The van der Waals surface area contributed by atoms with Crippen molar-refractivity contribution >= 4 is 6.01 Å². The maximum absolute atomic E-state index is 9.35. The Morgan fingerprint density at radius 2 is 1.92 bits per heavy atom. The first-order chi connectivity index (χ1) is 12.1. The fourth-order valence-electron chi connectivity index (χ4n) is 2.97. The molecule has 3 rings (SSSR count). The van der Waals surface area contributed by atoms with Gasteiger partial charge in [-0.2, -0.15) is 0 Å². The molecule has 1 fully saturated rings. The summed E-state index contributed by atoms with van der Waals surface area (Å²) in [5.74, 6) is 0.658. The third-order valence-corrected chi connectivity index (χ3v) is 4.72. The minimum atomic E-state index is -0.0735. The van der Waals surface area contributed by atoms with Crippen LogP contribution in [0, 0.1) is 5.41 Å². The number of aliphatic hydroxyl groups excluding tert-OH is 1. The number of piperidine rings is 1. The number of anilines is 1. The van der Waals surface area contributed by atoms with E-state index in [0.717, 1.165) is 32.5 Å². The van der Waals surface area contributed by atoms with Crippen molar-refractivity contribution in [1.29, 1.82) is 0 Å². The lowest BCUT2D eigenvalue weighted by molar-refractivity contribution is 0.151. The second-order valence-electron chi connectivity index (χ2n) is 7.61. The van der Waals surface area contributed by atoms with E-state index in [2.05, 4.69) is 46.4 Å². The van der Waals surface area contributed by atoms with Crippen LogP contribution in [-0.2, 0) is 6.42 Å².